The van der Waals surface area contributed by atoms with Crippen LogP contribution < -0.4 is 0 Å². The number of rotatable bonds is 7. The molecule has 0 saturated heterocycles. The van der Waals surface area contributed by atoms with Crippen LogP contribution in [0, 0.1) is 0 Å². The number of carboxylic acid groups (broad SMARTS) is 1. The molecule has 0 unspecified atom stereocenters. The molecule has 0 spiro atoms. The number of benzene rings is 1. The van der Waals surface area contributed by atoms with E-state index < -0.39 is 5.97 Å². The van der Waals surface area contributed by atoms with Gasteiger partial charge in [0.2, 0.25) is 0 Å². The third-order valence-electron chi connectivity index (χ3n) is 2.97. The van der Waals surface area contributed by atoms with E-state index in [1.165, 1.54) is 0 Å². The van der Waals surface area contributed by atoms with E-state index in [2.05, 4.69) is 4.99 Å². The van der Waals surface area contributed by atoms with Gasteiger partial charge in [0.25, 0.3) is 0 Å². The lowest BCUT2D eigenvalue weighted by molar-refractivity contribution is -0.132. The molecule has 114 valence electrons. The van der Waals surface area contributed by atoms with Crippen LogP contribution in [0.15, 0.2) is 40.6 Å². The average Bonchev–Trinajstić information content (AvgIpc) is 2.46. The molecule has 3 N–H and O–H groups in total. The minimum absolute atomic E-state index is 0.104. The van der Waals surface area contributed by atoms with Gasteiger partial charge in [-0.1, -0.05) is 26.0 Å². The summed E-state index contributed by atoms with van der Waals surface area (Å²) in [6, 6.07) is 6.91. The van der Waals surface area contributed by atoms with Crippen molar-refractivity contribution in [1.82, 2.24) is 0 Å². The standard InChI is InChI=1S/C16H21NO4/c1-3-6-14(19)15(16(20)21)13(4-2)17-12-8-5-7-11(9-12)10-18/h5,7-9,18-19H,3-4,6,10H2,1-2H3,(H,20,21). The van der Waals surface area contributed by atoms with Gasteiger partial charge in [0, 0.05) is 6.42 Å². The summed E-state index contributed by atoms with van der Waals surface area (Å²) in [5.74, 6) is -1.33. The smallest absolute Gasteiger partial charge is 0.340 e. The molecule has 0 heterocycles. The normalized spacial score (nSPS) is 13.0. The fraction of sp³-hybridized carbons (Fsp3) is 0.375. The summed E-state index contributed by atoms with van der Waals surface area (Å²) in [6.07, 6.45) is 1.34. The van der Waals surface area contributed by atoms with Crippen LogP contribution in [-0.4, -0.2) is 27.0 Å². The molecule has 0 atom stereocenters. The number of aliphatic imine (C=N–C) groups is 1. The number of carboxylic acids is 1. The van der Waals surface area contributed by atoms with Crippen LogP contribution in [0.1, 0.15) is 38.7 Å². The molecule has 1 aromatic rings. The Hall–Kier alpha value is -2.14. The van der Waals surface area contributed by atoms with Crippen molar-refractivity contribution >= 4 is 17.4 Å². The molecule has 0 bridgehead atoms. The second-order valence-corrected chi connectivity index (χ2v) is 4.62. The molecule has 0 aliphatic rings. The van der Waals surface area contributed by atoms with Crippen molar-refractivity contribution in [2.24, 2.45) is 4.99 Å². The van der Waals surface area contributed by atoms with E-state index in [0.29, 0.717) is 36.2 Å². The van der Waals surface area contributed by atoms with Crippen molar-refractivity contribution in [1.29, 1.82) is 0 Å². The van der Waals surface area contributed by atoms with Crippen molar-refractivity contribution in [2.75, 3.05) is 0 Å². The molecule has 5 nitrogen and oxygen atoms in total. The monoisotopic (exact) mass is 291 g/mol. The first-order valence-electron chi connectivity index (χ1n) is 6.96. The second kappa shape index (κ2) is 8.21. The highest BCUT2D eigenvalue weighted by Crippen LogP contribution is 2.19. The Balaban J connectivity index is 3.28. The number of aliphatic hydroxyl groups is 2. The number of aliphatic hydroxyl groups excluding tert-OH is 2. The molecule has 1 rings (SSSR count). The molecule has 0 amide bonds. The van der Waals surface area contributed by atoms with E-state index in [4.69, 9.17) is 5.11 Å². The molecule has 1 aromatic carbocycles. The summed E-state index contributed by atoms with van der Waals surface area (Å²) < 4.78 is 0. The van der Waals surface area contributed by atoms with Crippen LogP contribution >= 0.6 is 0 Å². The summed E-state index contributed by atoms with van der Waals surface area (Å²) in [7, 11) is 0. The summed E-state index contributed by atoms with van der Waals surface area (Å²) in [5, 5.41) is 28.4. The van der Waals surface area contributed by atoms with Gasteiger partial charge in [-0.25, -0.2) is 4.79 Å². The lowest BCUT2D eigenvalue weighted by Gasteiger charge is -2.09. The molecule has 5 heteroatoms. The highest BCUT2D eigenvalue weighted by molar-refractivity contribution is 6.20. The van der Waals surface area contributed by atoms with Crippen molar-refractivity contribution < 1.29 is 20.1 Å². The summed E-state index contributed by atoms with van der Waals surface area (Å²) in [4.78, 5) is 15.7. The molecule has 0 radical (unpaired) electrons. The average molecular weight is 291 g/mol. The van der Waals surface area contributed by atoms with Crippen LogP contribution in [0.2, 0.25) is 0 Å². The SMILES string of the molecule is CCCC(O)=C(C(=O)O)C(CC)=Nc1cccc(CO)c1. The van der Waals surface area contributed by atoms with E-state index in [0.717, 1.165) is 0 Å². The predicted octanol–water partition coefficient (Wildman–Crippen LogP) is 3.36. The fourth-order valence-corrected chi connectivity index (χ4v) is 1.97. The van der Waals surface area contributed by atoms with Gasteiger partial charge in [-0.05, 0) is 30.5 Å². The first-order chi connectivity index (χ1) is 10.0. The van der Waals surface area contributed by atoms with Gasteiger partial charge < -0.3 is 15.3 Å². The van der Waals surface area contributed by atoms with Gasteiger partial charge in [-0.15, -0.1) is 0 Å². The Kier molecular flexibility index (Phi) is 6.62. The number of aliphatic carboxylic acids is 1. The van der Waals surface area contributed by atoms with Gasteiger partial charge in [0.1, 0.15) is 11.3 Å². The Morgan fingerprint density at radius 1 is 1.24 bits per heavy atom. The van der Waals surface area contributed by atoms with Crippen LogP contribution in [0.4, 0.5) is 5.69 Å². The maximum absolute atomic E-state index is 11.4. The predicted molar refractivity (Wildman–Crippen MR) is 81.9 cm³/mol. The van der Waals surface area contributed by atoms with E-state index >= 15 is 0 Å². The maximum Gasteiger partial charge on any atom is 0.340 e. The minimum Gasteiger partial charge on any atom is -0.511 e. The van der Waals surface area contributed by atoms with Crippen molar-refractivity contribution in [3.05, 3.63) is 41.2 Å². The van der Waals surface area contributed by atoms with E-state index in [9.17, 15) is 15.0 Å². The van der Waals surface area contributed by atoms with Crippen LogP contribution in [0.3, 0.4) is 0 Å². The summed E-state index contributed by atoms with van der Waals surface area (Å²) >= 11 is 0. The molecular weight excluding hydrogens is 270 g/mol. The molecule has 0 aliphatic carbocycles. The molecular formula is C16H21NO4. The van der Waals surface area contributed by atoms with Crippen molar-refractivity contribution in [3.8, 4) is 0 Å². The zero-order chi connectivity index (χ0) is 15.8. The molecule has 0 aromatic heterocycles. The summed E-state index contributed by atoms with van der Waals surface area (Å²) in [6.45, 7) is 3.55. The van der Waals surface area contributed by atoms with Gasteiger partial charge in [0.05, 0.1) is 18.0 Å². The van der Waals surface area contributed by atoms with Crippen LogP contribution in [-0.2, 0) is 11.4 Å². The lowest BCUT2D eigenvalue weighted by atomic mass is 10.0. The molecule has 21 heavy (non-hydrogen) atoms. The van der Waals surface area contributed by atoms with Crippen molar-refractivity contribution in [2.45, 2.75) is 39.7 Å². The largest absolute Gasteiger partial charge is 0.511 e. The van der Waals surface area contributed by atoms with E-state index in [1.54, 1.807) is 31.2 Å². The first-order valence-corrected chi connectivity index (χ1v) is 6.96. The van der Waals surface area contributed by atoms with Gasteiger partial charge in [-0.3, -0.25) is 4.99 Å². The number of hydrogen-bond donors (Lipinski definition) is 3. The number of hydrogen-bond acceptors (Lipinski definition) is 4. The Bertz CT molecular complexity index is 561. The zero-order valence-electron chi connectivity index (χ0n) is 12.3. The summed E-state index contributed by atoms with van der Waals surface area (Å²) in [5.41, 5.74) is 1.45. The van der Waals surface area contributed by atoms with Crippen molar-refractivity contribution in [3.63, 3.8) is 0 Å². The highest BCUT2D eigenvalue weighted by atomic mass is 16.4. The molecule has 0 saturated carbocycles. The van der Waals surface area contributed by atoms with Gasteiger partial charge in [0.15, 0.2) is 0 Å². The minimum atomic E-state index is -1.18. The number of nitrogens with zero attached hydrogens (tertiary/aromatic N) is 1. The second-order valence-electron chi connectivity index (χ2n) is 4.62. The first kappa shape index (κ1) is 16.9. The number of carbonyl (C=O) groups is 1. The highest BCUT2D eigenvalue weighted by Gasteiger charge is 2.19. The van der Waals surface area contributed by atoms with Gasteiger partial charge in [-0.2, -0.15) is 0 Å². The van der Waals surface area contributed by atoms with E-state index in [1.807, 2.05) is 6.92 Å². The lowest BCUT2D eigenvalue weighted by Crippen LogP contribution is -2.14. The Labute approximate surface area is 124 Å². The Morgan fingerprint density at radius 2 is 1.95 bits per heavy atom. The maximum atomic E-state index is 11.4. The third kappa shape index (κ3) is 4.72. The van der Waals surface area contributed by atoms with E-state index in [-0.39, 0.29) is 17.9 Å². The third-order valence-corrected chi connectivity index (χ3v) is 2.97. The van der Waals surface area contributed by atoms with Crippen LogP contribution in [0.25, 0.3) is 0 Å². The number of allylic oxidation sites excluding steroid dienone is 1. The van der Waals surface area contributed by atoms with Gasteiger partial charge >= 0.3 is 5.97 Å². The fourth-order valence-electron chi connectivity index (χ4n) is 1.97. The zero-order valence-corrected chi connectivity index (χ0v) is 12.3. The molecule has 0 aliphatic heterocycles. The Morgan fingerprint density at radius 3 is 2.48 bits per heavy atom. The van der Waals surface area contributed by atoms with Crippen LogP contribution in [0.5, 0.6) is 0 Å². The quantitative estimate of drug-likeness (QED) is 0.408. The molecule has 0 fully saturated rings. The topological polar surface area (TPSA) is 90.1 Å².